The Bertz CT molecular complexity index is 803. The minimum Gasteiger partial charge on any atom is -0.288 e. The first-order valence-electron chi connectivity index (χ1n) is 5.78. The van der Waals surface area contributed by atoms with Crippen LogP contribution in [0.15, 0.2) is 53.3 Å². The summed E-state index contributed by atoms with van der Waals surface area (Å²) in [4.78, 5) is 12.4. The van der Waals surface area contributed by atoms with Gasteiger partial charge in [-0.3, -0.25) is 9.36 Å². The molecule has 0 atom stereocenters. The van der Waals surface area contributed by atoms with Crippen molar-refractivity contribution in [2.24, 2.45) is 0 Å². The average molecular weight is 233 g/mol. The Kier molecular flexibility index (Phi) is 2.39. The summed E-state index contributed by atoms with van der Waals surface area (Å²) in [5.74, 6) is 2.90. The summed E-state index contributed by atoms with van der Waals surface area (Å²) in [6.45, 7) is 1.79. The molecule has 0 N–H and O–H groups in total. The number of benzene rings is 2. The summed E-state index contributed by atoms with van der Waals surface area (Å²) in [5.41, 5.74) is 1.78. The standard InChI is InChI=1S/C16H11NO/c1-2-11-17-14-9-5-3-7-12(14)16(18)13-8-4-6-10-15(13)17/h3-10H,1H3. The Balaban J connectivity index is 2.70. The van der Waals surface area contributed by atoms with E-state index >= 15 is 0 Å². The van der Waals surface area contributed by atoms with Crippen LogP contribution >= 0.6 is 0 Å². The van der Waals surface area contributed by atoms with Crippen molar-refractivity contribution in [3.05, 3.63) is 58.8 Å². The van der Waals surface area contributed by atoms with Gasteiger partial charge in [0.05, 0.1) is 11.0 Å². The molecule has 0 aliphatic rings. The van der Waals surface area contributed by atoms with Crippen molar-refractivity contribution < 1.29 is 0 Å². The fourth-order valence-corrected chi connectivity index (χ4v) is 2.23. The van der Waals surface area contributed by atoms with Crippen LogP contribution in [0.4, 0.5) is 0 Å². The molecule has 3 rings (SSSR count). The molecule has 0 saturated carbocycles. The molecule has 3 aromatic rings. The summed E-state index contributed by atoms with van der Waals surface area (Å²) in [7, 11) is 0. The summed E-state index contributed by atoms with van der Waals surface area (Å²) in [6, 6.07) is 18.2. The zero-order valence-corrected chi connectivity index (χ0v) is 9.97. The average Bonchev–Trinajstić information content (AvgIpc) is 2.43. The van der Waals surface area contributed by atoms with E-state index in [-0.39, 0.29) is 5.43 Å². The van der Waals surface area contributed by atoms with Crippen LogP contribution < -0.4 is 5.43 Å². The van der Waals surface area contributed by atoms with Gasteiger partial charge in [0.2, 0.25) is 0 Å². The highest BCUT2D eigenvalue weighted by Crippen LogP contribution is 2.17. The first-order chi connectivity index (χ1) is 8.83. The fraction of sp³-hybridized carbons (Fsp3) is 0.0625. The smallest absolute Gasteiger partial charge is 0.197 e. The topological polar surface area (TPSA) is 22.0 Å². The van der Waals surface area contributed by atoms with E-state index < -0.39 is 0 Å². The maximum absolute atomic E-state index is 12.4. The monoisotopic (exact) mass is 233 g/mol. The van der Waals surface area contributed by atoms with Crippen LogP contribution in [0.1, 0.15) is 6.92 Å². The van der Waals surface area contributed by atoms with E-state index in [2.05, 4.69) is 12.0 Å². The van der Waals surface area contributed by atoms with Gasteiger partial charge in [-0.25, -0.2) is 0 Å². The number of hydrogen-bond donors (Lipinski definition) is 0. The van der Waals surface area contributed by atoms with Crippen molar-refractivity contribution in [2.45, 2.75) is 6.92 Å². The Morgan fingerprint density at radius 2 is 1.39 bits per heavy atom. The van der Waals surface area contributed by atoms with Gasteiger partial charge >= 0.3 is 0 Å². The van der Waals surface area contributed by atoms with Crippen LogP contribution in [0.5, 0.6) is 0 Å². The van der Waals surface area contributed by atoms with Gasteiger partial charge in [-0.2, -0.15) is 0 Å². The molecule has 2 heteroatoms. The van der Waals surface area contributed by atoms with Gasteiger partial charge in [0.25, 0.3) is 0 Å². The van der Waals surface area contributed by atoms with Crippen LogP contribution in [-0.2, 0) is 0 Å². The molecule has 2 nitrogen and oxygen atoms in total. The Labute approximate surface area is 104 Å². The highest BCUT2D eigenvalue weighted by molar-refractivity contribution is 5.94. The predicted octanol–water partition coefficient (Wildman–Crippen LogP) is 2.98. The van der Waals surface area contributed by atoms with Crippen LogP contribution in [0.2, 0.25) is 0 Å². The first kappa shape index (κ1) is 10.6. The van der Waals surface area contributed by atoms with E-state index in [1.54, 1.807) is 6.92 Å². The van der Waals surface area contributed by atoms with Crippen molar-refractivity contribution in [2.75, 3.05) is 0 Å². The summed E-state index contributed by atoms with van der Waals surface area (Å²) >= 11 is 0. The van der Waals surface area contributed by atoms with Gasteiger partial charge in [-0.05, 0) is 31.2 Å². The Hall–Kier alpha value is -2.53. The summed E-state index contributed by atoms with van der Waals surface area (Å²) in [5, 5.41) is 1.41. The number of hydrogen-bond acceptors (Lipinski definition) is 1. The minimum absolute atomic E-state index is 0.0651. The molecule has 0 saturated heterocycles. The third-order valence-corrected chi connectivity index (χ3v) is 3.00. The minimum atomic E-state index is 0.0651. The van der Waals surface area contributed by atoms with Gasteiger partial charge in [0.15, 0.2) is 5.43 Å². The molecule has 0 spiro atoms. The number of fused-ring (bicyclic) bond motifs is 2. The van der Waals surface area contributed by atoms with Crippen molar-refractivity contribution in [3.8, 4) is 12.0 Å². The molecule has 0 amide bonds. The molecule has 0 radical (unpaired) electrons. The number of rotatable bonds is 0. The lowest BCUT2D eigenvalue weighted by molar-refractivity contribution is 1.23. The molecule has 0 bridgehead atoms. The maximum atomic E-state index is 12.4. The van der Waals surface area contributed by atoms with E-state index in [1.807, 2.05) is 53.1 Å². The summed E-state index contributed by atoms with van der Waals surface area (Å²) in [6.07, 6.45) is 0. The Morgan fingerprint density at radius 1 is 0.889 bits per heavy atom. The van der Waals surface area contributed by atoms with E-state index in [9.17, 15) is 4.79 Å². The van der Waals surface area contributed by atoms with Crippen molar-refractivity contribution in [1.29, 1.82) is 0 Å². The van der Waals surface area contributed by atoms with Gasteiger partial charge in [0, 0.05) is 16.8 Å². The summed E-state index contributed by atoms with van der Waals surface area (Å²) < 4.78 is 1.88. The highest BCUT2D eigenvalue weighted by Gasteiger charge is 2.08. The predicted molar refractivity (Wildman–Crippen MR) is 74.6 cm³/mol. The van der Waals surface area contributed by atoms with E-state index in [0.29, 0.717) is 10.8 Å². The lowest BCUT2D eigenvalue weighted by atomic mass is 10.1. The van der Waals surface area contributed by atoms with Crippen molar-refractivity contribution >= 4 is 21.8 Å². The third-order valence-electron chi connectivity index (χ3n) is 3.00. The van der Waals surface area contributed by atoms with E-state index in [0.717, 1.165) is 11.0 Å². The molecule has 1 heterocycles. The molecule has 0 fully saturated rings. The van der Waals surface area contributed by atoms with Crippen LogP contribution in [0, 0.1) is 12.0 Å². The second-order valence-corrected chi connectivity index (χ2v) is 4.06. The molecular formula is C16H11NO. The van der Waals surface area contributed by atoms with Gasteiger partial charge in [-0.1, -0.05) is 30.2 Å². The van der Waals surface area contributed by atoms with Gasteiger partial charge in [-0.15, -0.1) is 0 Å². The van der Waals surface area contributed by atoms with Crippen molar-refractivity contribution in [3.63, 3.8) is 0 Å². The van der Waals surface area contributed by atoms with E-state index in [1.165, 1.54) is 0 Å². The normalized spacial score (nSPS) is 10.3. The van der Waals surface area contributed by atoms with Gasteiger partial charge < -0.3 is 0 Å². The quantitative estimate of drug-likeness (QED) is 0.432. The highest BCUT2D eigenvalue weighted by atomic mass is 16.1. The van der Waals surface area contributed by atoms with Gasteiger partial charge in [0.1, 0.15) is 0 Å². The van der Waals surface area contributed by atoms with Crippen LogP contribution in [0.3, 0.4) is 0 Å². The second kappa shape index (κ2) is 4.05. The van der Waals surface area contributed by atoms with E-state index in [4.69, 9.17) is 0 Å². The zero-order valence-electron chi connectivity index (χ0n) is 9.97. The molecule has 1 aromatic heterocycles. The maximum Gasteiger partial charge on any atom is 0.197 e. The number of nitrogens with zero attached hydrogens (tertiary/aromatic N) is 1. The van der Waals surface area contributed by atoms with Crippen LogP contribution in [-0.4, -0.2) is 4.57 Å². The molecule has 18 heavy (non-hydrogen) atoms. The molecule has 0 aliphatic heterocycles. The number of pyridine rings is 1. The number of aromatic nitrogens is 1. The fourth-order valence-electron chi connectivity index (χ4n) is 2.23. The largest absolute Gasteiger partial charge is 0.288 e. The van der Waals surface area contributed by atoms with Crippen molar-refractivity contribution in [1.82, 2.24) is 4.57 Å². The molecule has 86 valence electrons. The third kappa shape index (κ3) is 1.42. The second-order valence-electron chi connectivity index (χ2n) is 4.06. The lowest BCUT2D eigenvalue weighted by Gasteiger charge is -2.08. The zero-order chi connectivity index (χ0) is 12.5. The molecular weight excluding hydrogens is 222 g/mol. The van der Waals surface area contributed by atoms with Crippen LogP contribution in [0.25, 0.3) is 21.8 Å². The SMILES string of the molecule is CC#Cn1c2ccccc2c(=O)c2ccccc21. The Morgan fingerprint density at radius 3 is 1.89 bits per heavy atom. The molecule has 2 aromatic carbocycles. The molecule has 0 unspecified atom stereocenters. The number of para-hydroxylation sites is 2. The lowest BCUT2D eigenvalue weighted by Crippen LogP contribution is -2.08. The first-order valence-corrected chi connectivity index (χ1v) is 5.78. The molecule has 0 aliphatic carbocycles.